The van der Waals surface area contributed by atoms with Crippen molar-refractivity contribution in [2.45, 2.75) is 60.1 Å². The quantitative estimate of drug-likeness (QED) is 0.373. The summed E-state index contributed by atoms with van der Waals surface area (Å²) in [4.78, 5) is 4.29. The molecule has 3 rings (SSSR count). The topological polar surface area (TPSA) is 49.9 Å². The molecular formula is C24H29F3N2O3S. The maximum Gasteiger partial charge on any atom is 0.534 e. The van der Waals surface area contributed by atoms with Crippen molar-refractivity contribution in [2.75, 3.05) is 9.80 Å². The van der Waals surface area contributed by atoms with E-state index in [0.29, 0.717) is 11.1 Å². The highest BCUT2D eigenvalue weighted by atomic mass is 32.2. The van der Waals surface area contributed by atoms with Gasteiger partial charge in [-0.3, -0.25) is 0 Å². The molecule has 0 aliphatic carbocycles. The van der Waals surface area contributed by atoms with Gasteiger partial charge in [0.15, 0.2) is 0 Å². The molecule has 0 amide bonds. The summed E-state index contributed by atoms with van der Waals surface area (Å²) in [6, 6.07) is 6.92. The van der Waals surface area contributed by atoms with E-state index >= 15 is 0 Å². The molecule has 9 heteroatoms. The molecule has 33 heavy (non-hydrogen) atoms. The molecular weight excluding hydrogens is 453 g/mol. The Morgan fingerprint density at radius 3 is 1.58 bits per heavy atom. The molecule has 1 aliphatic rings. The molecule has 0 bridgehead atoms. The van der Waals surface area contributed by atoms with E-state index in [9.17, 15) is 21.6 Å². The lowest BCUT2D eigenvalue weighted by atomic mass is 10.0. The van der Waals surface area contributed by atoms with Crippen LogP contribution in [0.3, 0.4) is 0 Å². The number of hydrogen-bond acceptors (Lipinski definition) is 5. The van der Waals surface area contributed by atoms with Gasteiger partial charge in [-0.1, -0.05) is 31.5 Å². The Kier molecular flexibility index (Phi) is 6.50. The van der Waals surface area contributed by atoms with E-state index in [2.05, 4.69) is 60.7 Å². The zero-order valence-corrected chi connectivity index (χ0v) is 20.6. The fraction of sp³-hybridized carbons (Fsp3) is 0.417. The van der Waals surface area contributed by atoms with E-state index in [-0.39, 0.29) is 17.8 Å². The van der Waals surface area contributed by atoms with Gasteiger partial charge in [-0.2, -0.15) is 21.6 Å². The highest BCUT2D eigenvalue weighted by molar-refractivity contribution is 7.88. The maximum atomic E-state index is 12.7. The summed E-state index contributed by atoms with van der Waals surface area (Å²) in [5.41, 5.74) is 1.13. The van der Waals surface area contributed by atoms with Gasteiger partial charge in [0.05, 0.1) is 0 Å². The van der Waals surface area contributed by atoms with E-state index in [1.807, 2.05) is 12.4 Å². The smallest absolute Gasteiger partial charge is 0.376 e. The van der Waals surface area contributed by atoms with E-state index in [1.165, 1.54) is 17.7 Å². The molecule has 1 aliphatic heterocycles. The molecule has 180 valence electrons. The molecule has 0 radical (unpaired) electrons. The highest BCUT2D eigenvalue weighted by Gasteiger charge is 2.48. The monoisotopic (exact) mass is 482 g/mol. The standard InChI is InChI=1S/C24H29F3N2O3S/c1-14(2)23-28(21-16(4)10-15(3)11-17(21)5)8-9-29(23)22-18(6)12-20(13-19(22)7)32-33(30,31)24(25,26)27/h8-14,23H,1-7H3. The van der Waals surface area contributed by atoms with Crippen molar-refractivity contribution in [3.8, 4) is 5.75 Å². The van der Waals surface area contributed by atoms with Gasteiger partial charge in [0.1, 0.15) is 11.9 Å². The first-order chi connectivity index (χ1) is 15.1. The lowest BCUT2D eigenvalue weighted by Crippen LogP contribution is -2.44. The van der Waals surface area contributed by atoms with Crippen LogP contribution >= 0.6 is 0 Å². The number of benzene rings is 2. The average molecular weight is 483 g/mol. The van der Waals surface area contributed by atoms with Crippen LogP contribution in [-0.4, -0.2) is 20.1 Å². The van der Waals surface area contributed by atoms with Gasteiger partial charge in [0, 0.05) is 23.8 Å². The summed E-state index contributed by atoms with van der Waals surface area (Å²) < 4.78 is 65.5. The third-order valence-corrected chi connectivity index (χ3v) is 6.64. The third-order valence-electron chi connectivity index (χ3n) is 5.66. The van der Waals surface area contributed by atoms with Gasteiger partial charge in [-0.15, -0.1) is 0 Å². The molecule has 1 heterocycles. The minimum Gasteiger partial charge on any atom is -0.376 e. The highest BCUT2D eigenvalue weighted by Crippen LogP contribution is 2.40. The fourth-order valence-electron chi connectivity index (χ4n) is 4.64. The second kappa shape index (κ2) is 8.59. The molecule has 0 saturated carbocycles. The molecule has 1 atom stereocenters. The molecule has 0 saturated heterocycles. The molecule has 0 N–H and O–H groups in total. The second-order valence-electron chi connectivity index (χ2n) is 8.91. The minimum atomic E-state index is -5.73. The summed E-state index contributed by atoms with van der Waals surface area (Å²) in [7, 11) is -5.73. The van der Waals surface area contributed by atoms with Crippen LogP contribution in [0.2, 0.25) is 0 Å². The van der Waals surface area contributed by atoms with Crippen molar-refractivity contribution in [3.05, 3.63) is 64.5 Å². The normalized spacial score (nSPS) is 16.8. The van der Waals surface area contributed by atoms with Crippen LogP contribution in [0, 0.1) is 40.5 Å². The largest absolute Gasteiger partial charge is 0.534 e. The average Bonchev–Trinajstić information content (AvgIpc) is 3.03. The summed E-state index contributed by atoms with van der Waals surface area (Å²) in [6.45, 7) is 13.9. The molecule has 2 aromatic rings. The van der Waals surface area contributed by atoms with Crippen molar-refractivity contribution >= 4 is 21.5 Å². The van der Waals surface area contributed by atoms with Crippen LogP contribution in [0.25, 0.3) is 0 Å². The van der Waals surface area contributed by atoms with Crippen molar-refractivity contribution in [3.63, 3.8) is 0 Å². The van der Waals surface area contributed by atoms with Crippen molar-refractivity contribution in [2.24, 2.45) is 5.92 Å². The lowest BCUT2D eigenvalue weighted by molar-refractivity contribution is -0.0500. The number of alkyl halides is 3. The molecule has 0 spiro atoms. The Bertz CT molecular complexity index is 1160. The van der Waals surface area contributed by atoms with Gasteiger partial charge >= 0.3 is 15.6 Å². The van der Waals surface area contributed by atoms with E-state index in [0.717, 1.165) is 22.5 Å². The predicted molar refractivity (Wildman–Crippen MR) is 125 cm³/mol. The SMILES string of the molecule is Cc1cc(C)c(N2C=CN(c3c(C)cc(OS(=O)(=O)C(F)(F)F)cc3C)C2C(C)C)c(C)c1. The van der Waals surface area contributed by atoms with E-state index < -0.39 is 15.6 Å². The van der Waals surface area contributed by atoms with Gasteiger partial charge < -0.3 is 14.0 Å². The second-order valence-corrected chi connectivity index (χ2v) is 10.4. The number of aryl methyl sites for hydroxylation is 5. The van der Waals surface area contributed by atoms with Crippen LogP contribution in [0.1, 0.15) is 41.7 Å². The number of rotatable bonds is 5. The van der Waals surface area contributed by atoms with E-state index in [4.69, 9.17) is 0 Å². The third kappa shape index (κ3) is 4.69. The van der Waals surface area contributed by atoms with Crippen LogP contribution in [-0.2, 0) is 10.1 Å². The van der Waals surface area contributed by atoms with Gasteiger partial charge in [-0.05, 0) is 74.9 Å². The number of anilines is 2. The van der Waals surface area contributed by atoms with Crippen LogP contribution in [0.15, 0.2) is 36.7 Å². The van der Waals surface area contributed by atoms with Gasteiger partial charge in [0.25, 0.3) is 0 Å². The molecule has 0 fully saturated rings. The van der Waals surface area contributed by atoms with Crippen molar-refractivity contribution < 1.29 is 25.8 Å². The minimum absolute atomic E-state index is 0.0758. The van der Waals surface area contributed by atoms with Crippen LogP contribution in [0.4, 0.5) is 24.5 Å². The Labute approximate surface area is 193 Å². The maximum absolute atomic E-state index is 12.7. The van der Waals surface area contributed by atoms with Gasteiger partial charge in [-0.25, -0.2) is 0 Å². The molecule has 0 aromatic heterocycles. The molecule has 5 nitrogen and oxygen atoms in total. The van der Waals surface area contributed by atoms with Crippen molar-refractivity contribution in [1.29, 1.82) is 0 Å². The first-order valence-corrected chi connectivity index (χ1v) is 12.0. The zero-order chi connectivity index (χ0) is 24.9. The Morgan fingerprint density at radius 1 is 0.818 bits per heavy atom. The summed E-state index contributed by atoms with van der Waals surface area (Å²) >= 11 is 0. The fourth-order valence-corrected chi connectivity index (χ4v) is 5.08. The number of halogens is 3. The number of nitrogens with zero attached hydrogens (tertiary/aromatic N) is 2. The van der Waals surface area contributed by atoms with Crippen molar-refractivity contribution in [1.82, 2.24) is 0 Å². The molecule has 2 aromatic carbocycles. The Hall–Kier alpha value is -2.68. The Balaban J connectivity index is 2.02. The summed E-state index contributed by atoms with van der Waals surface area (Å²) in [5.74, 6) is -0.169. The van der Waals surface area contributed by atoms with Crippen LogP contribution in [0.5, 0.6) is 5.75 Å². The molecule has 1 unspecified atom stereocenters. The van der Waals surface area contributed by atoms with Gasteiger partial charge in [0.2, 0.25) is 0 Å². The summed E-state index contributed by atoms with van der Waals surface area (Å²) in [6.07, 6.45) is 3.88. The van der Waals surface area contributed by atoms with E-state index in [1.54, 1.807) is 13.8 Å². The first kappa shape index (κ1) is 25.0. The Morgan fingerprint density at radius 2 is 1.21 bits per heavy atom. The zero-order valence-electron chi connectivity index (χ0n) is 19.8. The lowest BCUT2D eigenvalue weighted by Gasteiger charge is -2.38. The number of hydrogen-bond donors (Lipinski definition) is 0. The van der Waals surface area contributed by atoms with Crippen LogP contribution < -0.4 is 14.0 Å². The summed E-state index contributed by atoms with van der Waals surface area (Å²) in [5, 5.41) is 0. The predicted octanol–water partition coefficient (Wildman–Crippen LogP) is 6.24. The first-order valence-electron chi connectivity index (χ1n) is 10.6.